The van der Waals surface area contributed by atoms with Gasteiger partial charge in [-0.25, -0.2) is 8.78 Å². The number of hydrogen-bond donors (Lipinski definition) is 1. The summed E-state index contributed by atoms with van der Waals surface area (Å²) in [6, 6.07) is 3.23. The van der Waals surface area contributed by atoms with Gasteiger partial charge in [-0.2, -0.15) is 0 Å². The van der Waals surface area contributed by atoms with Gasteiger partial charge in [0.25, 0.3) is 0 Å². The monoisotopic (exact) mass is 191 g/mol. The maximum atomic E-state index is 12.8. The Bertz CT molecular complexity index is 307. The van der Waals surface area contributed by atoms with Crippen LogP contribution in [0.2, 0.25) is 0 Å². The molecule has 0 amide bonds. The topological polar surface area (TPSA) is 32.6 Å². The standard InChI is InChI=1S/C7H4ClF2NO/c8-7(11-12)6-4(9)2-1-3-5(6)10/h1-3,12H/b11-7-. The first-order valence-electron chi connectivity index (χ1n) is 2.98. The van der Waals surface area contributed by atoms with Crippen molar-refractivity contribution in [3.63, 3.8) is 0 Å². The number of rotatable bonds is 1. The van der Waals surface area contributed by atoms with E-state index < -0.39 is 22.4 Å². The van der Waals surface area contributed by atoms with E-state index in [9.17, 15) is 8.78 Å². The van der Waals surface area contributed by atoms with Crippen LogP contribution in [0.15, 0.2) is 23.4 Å². The lowest BCUT2D eigenvalue weighted by Crippen LogP contribution is -1.99. The van der Waals surface area contributed by atoms with Crippen molar-refractivity contribution in [3.05, 3.63) is 35.4 Å². The number of oxime groups is 1. The molecule has 1 rings (SSSR count). The Morgan fingerprint density at radius 2 is 1.83 bits per heavy atom. The predicted molar refractivity (Wildman–Crippen MR) is 40.5 cm³/mol. The number of nitrogens with zero attached hydrogens (tertiary/aromatic N) is 1. The van der Waals surface area contributed by atoms with Gasteiger partial charge in [-0.15, -0.1) is 0 Å². The molecule has 0 aromatic heterocycles. The predicted octanol–water partition coefficient (Wildman–Crippen LogP) is 2.34. The van der Waals surface area contributed by atoms with Crippen LogP contribution in [0.25, 0.3) is 0 Å². The Morgan fingerprint density at radius 3 is 2.25 bits per heavy atom. The van der Waals surface area contributed by atoms with E-state index in [4.69, 9.17) is 16.8 Å². The second kappa shape index (κ2) is 3.49. The summed E-state index contributed by atoms with van der Waals surface area (Å²) in [6.07, 6.45) is 0. The minimum absolute atomic E-state index is 0.526. The Balaban J connectivity index is 3.31. The Morgan fingerprint density at radius 1 is 1.33 bits per heavy atom. The molecule has 2 nitrogen and oxygen atoms in total. The summed E-state index contributed by atoms with van der Waals surface area (Å²) in [5.41, 5.74) is -0.526. The van der Waals surface area contributed by atoms with E-state index in [0.29, 0.717) is 0 Å². The number of benzene rings is 1. The van der Waals surface area contributed by atoms with Crippen molar-refractivity contribution in [1.29, 1.82) is 0 Å². The molecule has 0 spiro atoms. The fraction of sp³-hybridized carbons (Fsp3) is 0. The van der Waals surface area contributed by atoms with E-state index in [-0.39, 0.29) is 0 Å². The van der Waals surface area contributed by atoms with Crippen molar-refractivity contribution >= 4 is 16.8 Å². The smallest absolute Gasteiger partial charge is 0.181 e. The highest BCUT2D eigenvalue weighted by Crippen LogP contribution is 2.14. The molecule has 0 fully saturated rings. The van der Waals surface area contributed by atoms with Crippen LogP contribution < -0.4 is 0 Å². The zero-order valence-electron chi connectivity index (χ0n) is 5.76. The third-order valence-corrected chi connectivity index (χ3v) is 1.52. The Labute approximate surface area is 72.1 Å². The van der Waals surface area contributed by atoms with Crippen LogP contribution in [-0.4, -0.2) is 10.4 Å². The van der Waals surface area contributed by atoms with Gasteiger partial charge in [0.2, 0.25) is 0 Å². The lowest BCUT2D eigenvalue weighted by atomic mass is 10.2. The maximum absolute atomic E-state index is 12.8. The van der Waals surface area contributed by atoms with E-state index in [1.54, 1.807) is 0 Å². The fourth-order valence-corrected chi connectivity index (χ4v) is 0.925. The molecule has 1 aromatic carbocycles. The van der Waals surface area contributed by atoms with E-state index in [1.165, 1.54) is 6.07 Å². The van der Waals surface area contributed by atoms with Gasteiger partial charge in [-0.05, 0) is 12.1 Å². The third-order valence-electron chi connectivity index (χ3n) is 1.26. The first-order valence-corrected chi connectivity index (χ1v) is 3.36. The molecule has 0 aliphatic carbocycles. The molecule has 0 saturated carbocycles. The molecule has 0 unspecified atom stereocenters. The molecule has 0 bridgehead atoms. The van der Waals surface area contributed by atoms with Gasteiger partial charge in [-0.3, -0.25) is 0 Å². The van der Waals surface area contributed by atoms with Crippen LogP contribution in [0.5, 0.6) is 0 Å². The third kappa shape index (κ3) is 1.53. The van der Waals surface area contributed by atoms with Crippen molar-refractivity contribution in [1.82, 2.24) is 0 Å². The molecular formula is C7H4ClF2NO. The number of halogens is 3. The molecule has 1 N–H and O–H groups in total. The molecule has 64 valence electrons. The average Bonchev–Trinajstić information content (AvgIpc) is 2.03. The van der Waals surface area contributed by atoms with Gasteiger partial charge < -0.3 is 5.21 Å². The second-order valence-corrected chi connectivity index (χ2v) is 2.35. The lowest BCUT2D eigenvalue weighted by molar-refractivity contribution is 0.320. The molecule has 0 aliphatic rings. The molecule has 5 heteroatoms. The van der Waals surface area contributed by atoms with Gasteiger partial charge in [-0.1, -0.05) is 22.8 Å². The molecule has 0 aliphatic heterocycles. The molecule has 0 heterocycles. The summed E-state index contributed by atoms with van der Waals surface area (Å²) < 4.78 is 25.5. The minimum atomic E-state index is -0.863. The van der Waals surface area contributed by atoms with E-state index in [2.05, 4.69) is 5.16 Å². The quantitative estimate of drug-likeness (QED) is 0.413. The van der Waals surface area contributed by atoms with Crippen molar-refractivity contribution in [2.75, 3.05) is 0 Å². The molecule has 1 aromatic rings. The number of hydrogen-bond acceptors (Lipinski definition) is 2. The Kier molecular flexibility index (Phi) is 2.60. The van der Waals surface area contributed by atoms with Crippen molar-refractivity contribution in [3.8, 4) is 0 Å². The van der Waals surface area contributed by atoms with Crippen LogP contribution in [0.3, 0.4) is 0 Å². The van der Waals surface area contributed by atoms with Crippen LogP contribution in [-0.2, 0) is 0 Å². The highest BCUT2D eigenvalue weighted by atomic mass is 35.5. The second-order valence-electron chi connectivity index (χ2n) is 1.99. The molecule has 0 radical (unpaired) electrons. The van der Waals surface area contributed by atoms with E-state index in [1.807, 2.05) is 0 Å². The highest BCUT2D eigenvalue weighted by molar-refractivity contribution is 6.69. The van der Waals surface area contributed by atoms with Gasteiger partial charge in [0, 0.05) is 0 Å². The van der Waals surface area contributed by atoms with Crippen LogP contribution in [0, 0.1) is 11.6 Å². The zero-order chi connectivity index (χ0) is 9.14. The molecule has 0 saturated heterocycles. The van der Waals surface area contributed by atoms with Crippen LogP contribution in [0.1, 0.15) is 5.56 Å². The average molecular weight is 192 g/mol. The molecular weight excluding hydrogens is 188 g/mol. The van der Waals surface area contributed by atoms with Gasteiger partial charge >= 0.3 is 0 Å². The first kappa shape index (κ1) is 8.93. The summed E-state index contributed by atoms with van der Waals surface area (Å²) in [5, 5.41) is 10.0. The normalized spacial score (nSPS) is 11.8. The van der Waals surface area contributed by atoms with Crippen LogP contribution in [0.4, 0.5) is 8.78 Å². The fourth-order valence-electron chi connectivity index (χ4n) is 0.745. The lowest BCUT2D eigenvalue weighted by Gasteiger charge is -1.99. The largest absolute Gasteiger partial charge is 0.410 e. The van der Waals surface area contributed by atoms with Crippen molar-refractivity contribution < 1.29 is 14.0 Å². The summed E-state index contributed by atoms with van der Waals surface area (Å²) >= 11 is 5.22. The minimum Gasteiger partial charge on any atom is -0.410 e. The molecule has 0 atom stereocenters. The first-order chi connectivity index (χ1) is 5.66. The summed E-state index contributed by atoms with van der Waals surface area (Å²) in [5.74, 6) is -1.73. The Hall–Kier alpha value is -1.16. The van der Waals surface area contributed by atoms with E-state index >= 15 is 0 Å². The SMILES string of the molecule is O/N=C(\Cl)c1c(F)cccc1F. The summed E-state index contributed by atoms with van der Waals surface area (Å²) in [4.78, 5) is 0. The summed E-state index contributed by atoms with van der Waals surface area (Å²) in [7, 11) is 0. The van der Waals surface area contributed by atoms with Gasteiger partial charge in [0.1, 0.15) is 11.6 Å². The van der Waals surface area contributed by atoms with Gasteiger partial charge in [0.15, 0.2) is 5.17 Å². The highest BCUT2D eigenvalue weighted by Gasteiger charge is 2.12. The van der Waals surface area contributed by atoms with Crippen molar-refractivity contribution in [2.45, 2.75) is 0 Å². The zero-order valence-corrected chi connectivity index (χ0v) is 6.52. The maximum Gasteiger partial charge on any atom is 0.181 e. The molecule has 12 heavy (non-hydrogen) atoms. The summed E-state index contributed by atoms with van der Waals surface area (Å²) in [6.45, 7) is 0. The van der Waals surface area contributed by atoms with Gasteiger partial charge in [0.05, 0.1) is 5.56 Å². The van der Waals surface area contributed by atoms with Crippen LogP contribution >= 0.6 is 11.6 Å². The van der Waals surface area contributed by atoms with Crippen molar-refractivity contribution in [2.24, 2.45) is 5.16 Å². The van der Waals surface area contributed by atoms with E-state index in [0.717, 1.165) is 12.1 Å².